The van der Waals surface area contributed by atoms with Crippen LogP contribution in [-0.2, 0) is 20.9 Å². The first-order valence-electron chi connectivity index (χ1n) is 9.02. The molecule has 1 aromatic rings. The Morgan fingerprint density at radius 3 is 2.88 bits per heavy atom. The molecule has 0 aromatic heterocycles. The van der Waals surface area contributed by atoms with E-state index in [1.807, 2.05) is 24.3 Å². The van der Waals surface area contributed by atoms with Crippen molar-refractivity contribution in [1.82, 2.24) is 10.2 Å². The van der Waals surface area contributed by atoms with Crippen LogP contribution in [0.3, 0.4) is 0 Å². The zero-order chi connectivity index (χ0) is 17.6. The molecule has 1 atom stereocenters. The molecule has 1 unspecified atom stereocenters. The Balaban J connectivity index is 1.72. The van der Waals surface area contributed by atoms with E-state index in [0.29, 0.717) is 25.3 Å². The van der Waals surface area contributed by atoms with Crippen molar-refractivity contribution >= 4 is 11.8 Å². The normalized spacial score (nSPS) is 22.4. The first-order valence-corrected chi connectivity index (χ1v) is 9.02. The first-order chi connectivity index (χ1) is 12.2. The molecule has 0 spiro atoms. The minimum Gasteiger partial charge on any atom is -0.381 e. The molecule has 0 saturated carbocycles. The van der Waals surface area contributed by atoms with Crippen molar-refractivity contribution in [3.05, 3.63) is 35.4 Å². The Morgan fingerprint density at radius 2 is 2.08 bits per heavy atom. The third kappa shape index (κ3) is 4.38. The van der Waals surface area contributed by atoms with Gasteiger partial charge in [0.05, 0.1) is 12.7 Å². The Hall–Kier alpha value is -1.92. The van der Waals surface area contributed by atoms with Gasteiger partial charge < -0.3 is 19.7 Å². The van der Waals surface area contributed by atoms with E-state index in [9.17, 15) is 9.59 Å². The third-order valence-corrected chi connectivity index (χ3v) is 4.87. The first kappa shape index (κ1) is 17.9. The van der Waals surface area contributed by atoms with Gasteiger partial charge in [-0.25, -0.2) is 0 Å². The predicted octanol–water partition coefficient (Wildman–Crippen LogP) is 1.73. The molecule has 2 aliphatic rings. The average molecular weight is 346 g/mol. The van der Waals surface area contributed by atoms with Crippen molar-refractivity contribution in [2.75, 3.05) is 26.3 Å². The van der Waals surface area contributed by atoms with Crippen LogP contribution in [0, 0.1) is 0 Å². The fourth-order valence-electron chi connectivity index (χ4n) is 3.28. The number of benzene rings is 1. The molecule has 25 heavy (non-hydrogen) atoms. The fraction of sp³-hybridized carbons (Fsp3) is 0.579. The second kappa shape index (κ2) is 8.45. The highest BCUT2D eigenvalue weighted by Crippen LogP contribution is 2.19. The highest BCUT2D eigenvalue weighted by Gasteiger charge is 2.29. The van der Waals surface area contributed by atoms with Crippen LogP contribution < -0.4 is 5.32 Å². The number of rotatable bonds is 4. The van der Waals surface area contributed by atoms with Crippen molar-refractivity contribution in [3.63, 3.8) is 0 Å². The van der Waals surface area contributed by atoms with Crippen LogP contribution in [0.15, 0.2) is 24.3 Å². The summed E-state index contributed by atoms with van der Waals surface area (Å²) in [7, 11) is 0. The molecule has 0 aliphatic carbocycles. The van der Waals surface area contributed by atoms with Gasteiger partial charge in [-0.3, -0.25) is 9.59 Å². The lowest BCUT2D eigenvalue weighted by Crippen LogP contribution is -2.45. The SMILES string of the molecule is CC1C(=O)NCCCN1C(=O)c1ccccc1COC1CCOCC1. The highest BCUT2D eigenvalue weighted by molar-refractivity contribution is 5.98. The van der Waals surface area contributed by atoms with Gasteiger partial charge in [0.15, 0.2) is 0 Å². The maximum Gasteiger partial charge on any atom is 0.254 e. The lowest BCUT2D eigenvalue weighted by Gasteiger charge is -2.27. The summed E-state index contributed by atoms with van der Waals surface area (Å²) in [6, 6.07) is 7.06. The predicted molar refractivity (Wildman–Crippen MR) is 93.2 cm³/mol. The molecule has 136 valence electrons. The Labute approximate surface area is 148 Å². The molecule has 2 aliphatic heterocycles. The number of ether oxygens (including phenoxy) is 2. The average Bonchev–Trinajstić information content (AvgIpc) is 2.82. The molecule has 2 amide bonds. The Morgan fingerprint density at radius 1 is 1.32 bits per heavy atom. The molecule has 0 bridgehead atoms. The van der Waals surface area contributed by atoms with E-state index < -0.39 is 6.04 Å². The molecular weight excluding hydrogens is 320 g/mol. The molecule has 1 aromatic carbocycles. The smallest absolute Gasteiger partial charge is 0.254 e. The van der Waals surface area contributed by atoms with Crippen LogP contribution >= 0.6 is 0 Å². The standard InChI is InChI=1S/C19H26N2O4/c1-14-18(22)20-9-4-10-21(14)19(23)17-6-3-2-5-15(17)13-25-16-7-11-24-12-8-16/h2-3,5-6,14,16H,4,7-13H2,1H3,(H,20,22). The third-order valence-electron chi connectivity index (χ3n) is 4.87. The van der Waals surface area contributed by atoms with Gasteiger partial charge in [-0.1, -0.05) is 18.2 Å². The van der Waals surface area contributed by atoms with Crippen molar-refractivity contribution < 1.29 is 19.1 Å². The zero-order valence-electron chi connectivity index (χ0n) is 14.7. The van der Waals surface area contributed by atoms with Gasteiger partial charge in [0.2, 0.25) is 5.91 Å². The van der Waals surface area contributed by atoms with Crippen molar-refractivity contribution in [2.24, 2.45) is 0 Å². The second-order valence-electron chi connectivity index (χ2n) is 6.60. The summed E-state index contributed by atoms with van der Waals surface area (Å²) in [4.78, 5) is 26.7. The van der Waals surface area contributed by atoms with Crippen LogP contribution in [-0.4, -0.2) is 55.2 Å². The minimum absolute atomic E-state index is 0.0956. The van der Waals surface area contributed by atoms with E-state index >= 15 is 0 Å². The van der Waals surface area contributed by atoms with Crippen molar-refractivity contribution in [3.8, 4) is 0 Å². The summed E-state index contributed by atoms with van der Waals surface area (Å²) < 4.78 is 11.3. The number of carbonyl (C=O) groups is 2. The van der Waals surface area contributed by atoms with E-state index in [4.69, 9.17) is 9.47 Å². The summed E-state index contributed by atoms with van der Waals surface area (Å²) >= 11 is 0. The van der Waals surface area contributed by atoms with Crippen LogP contribution in [0.5, 0.6) is 0 Å². The maximum atomic E-state index is 13.1. The number of carbonyl (C=O) groups excluding carboxylic acids is 2. The second-order valence-corrected chi connectivity index (χ2v) is 6.60. The van der Waals surface area contributed by atoms with E-state index in [-0.39, 0.29) is 17.9 Å². The number of nitrogens with zero attached hydrogens (tertiary/aromatic N) is 1. The molecule has 3 rings (SSSR count). The van der Waals surface area contributed by atoms with Gasteiger partial charge in [0, 0.05) is 31.9 Å². The van der Waals surface area contributed by atoms with E-state index in [1.165, 1.54) is 0 Å². The van der Waals surface area contributed by atoms with Crippen LogP contribution in [0.1, 0.15) is 42.1 Å². The van der Waals surface area contributed by atoms with Gasteiger partial charge in [-0.05, 0) is 37.8 Å². The largest absolute Gasteiger partial charge is 0.381 e. The lowest BCUT2D eigenvalue weighted by atomic mass is 10.1. The monoisotopic (exact) mass is 346 g/mol. The molecule has 0 radical (unpaired) electrons. The molecular formula is C19H26N2O4. The van der Waals surface area contributed by atoms with E-state index in [1.54, 1.807) is 11.8 Å². The Kier molecular flexibility index (Phi) is 6.04. The zero-order valence-corrected chi connectivity index (χ0v) is 14.7. The van der Waals surface area contributed by atoms with Crippen LogP contribution in [0.25, 0.3) is 0 Å². The topological polar surface area (TPSA) is 67.9 Å². The number of hydrogen-bond acceptors (Lipinski definition) is 4. The van der Waals surface area contributed by atoms with Crippen molar-refractivity contribution in [2.45, 2.75) is 44.9 Å². The highest BCUT2D eigenvalue weighted by atomic mass is 16.5. The summed E-state index contributed by atoms with van der Waals surface area (Å²) in [5, 5.41) is 2.84. The van der Waals surface area contributed by atoms with Gasteiger partial charge in [-0.2, -0.15) is 0 Å². The summed E-state index contributed by atoms with van der Waals surface area (Å²) in [6.45, 7) is 4.83. The van der Waals surface area contributed by atoms with Crippen LogP contribution in [0.2, 0.25) is 0 Å². The molecule has 6 heteroatoms. The molecule has 2 heterocycles. The Bertz CT molecular complexity index is 613. The van der Waals surface area contributed by atoms with Gasteiger partial charge in [0.25, 0.3) is 5.91 Å². The summed E-state index contributed by atoms with van der Waals surface area (Å²) in [5.74, 6) is -0.197. The minimum atomic E-state index is -0.459. The maximum absolute atomic E-state index is 13.1. The van der Waals surface area contributed by atoms with Crippen molar-refractivity contribution in [1.29, 1.82) is 0 Å². The number of hydrogen-bond donors (Lipinski definition) is 1. The van der Waals surface area contributed by atoms with Gasteiger partial charge >= 0.3 is 0 Å². The number of amides is 2. The lowest BCUT2D eigenvalue weighted by molar-refractivity contribution is -0.124. The van der Waals surface area contributed by atoms with Crippen LogP contribution in [0.4, 0.5) is 0 Å². The quantitative estimate of drug-likeness (QED) is 0.902. The van der Waals surface area contributed by atoms with E-state index in [2.05, 4.69) is 5.32 Å². The van der Waals surface area contributed by atoms with Gasteiger partial charge in [-0.15, -0.1) is 0 Å². The molecule has 6 nitrogen and oxygen atoms in total. The summed E-state index contributed by atoms with van der Waals surface area (Å²) in [6.07, 6.45) is 2.72. The summed E-state index contributed by atoms with van der Waals surface area (Å²) in [5.41, 5.74) is 1.49. The molecule has 2 fully saturated rings. The molecule has 2 saturated heterocycles. The van der Waals surface area contributed by atoms with Gasteiger partial charge in [0.1, 0.15) is 6.04 Å². The molecule has 1 N–H and O–H groups in total. The van der Waals surface area contributed by atoms with E-state index in [0.717, 1.165) is 38.0 Å². The fourth-order valence-corrected chi connectivity index (χ4v) is 3.28. The number of nitrogens with one attached hydrogen (secondary N) is 1.